The standard InChI is InChI=1S/C19H20N2O4S2/c1-12(16(22)20-9-7-14(8-10-20)18(24)25)21-17(23)15(27-19(21)26)11-13-5-3-2-4-6-13/h2-6,11-12,14H,7-10H2,1H3,(H,24,25)/p-1/b15-11+/t12-/m1/s1. The summed E-state index contributed by atoms with van der Waals surface area (Å²) in [6, 6.07) is 8.72. The smallest absolute Gasteiger partial charge is 0.266 e. The summed E-state index contributed by atoms with van der Waals surface area (Å²) in [6.07, 6.45) is 2.50. The quantitative estimate of drug-likeness (QED) is 0.556. The first-order valence-electron chi connectivity index (χ1n) is 8.70. The second-order valence-corrected chi connectivity index (χ2v) is 8.23. The van der Waals surface area contributed by atoms with Crippen LogP contribution < -0.4 is 5.11 Å². The van der Waals surface area contributed by atoms with E-state index in [0.29, 0.717) is 35.2 Å². The Morgan fingerprint density at radius 1 is 1.26 bits per heavy atom. The van der Waals surface area contributed by atoms with Gasteiger partial charge in [-0.1, -0.05) is 54.3 Å². The first-order valence-corrected chi connectivity index (χ1v) is 9.92. The van der Waals surface area contributed by atoms with Gasteiger partial charge in [-0.3, -0.25) is 14.5 Å². The molecule has 2 aliphatic rings. The van der Waals surface area contributed by atoms with Crippen molar-refractivity contribution in [2.24, 2.45) is 5.92 Å². The number of piperidine rings is 1. The van der Waals surface area contributed by atoms with Gasteiger partial charge in [-0.05, 0) is 31.4 Å². The Bertz CT molecular complexity index is 801. The molecule has 0 radical (unpaired) electrons. The molecule has 2 aliphatic heterocycles. The number of amides is 2. The minimum Gasteiger partial charge on any atom is -0.550 e. The molecule has 0 aliphatic carbocycles. The number of rotatable bonds is 4. The largest absolute Gasteiger partial charge is 0.550 e. The molecule has 2 amide bonds. The van der Waals surface area contributed by atoms with E-state index in [1.165, 1.54) is 16.7 Å². The first-order chi connectivity index (χ1) is 12.9. The maximum atomic E-state index is 12.8. The molecule has 2 fully saturated rings. The maximum absolute atomic E-state index is 12.8. The summed E-state index contributed by atoms with van der Waals surface area (Å²) in [5.74, 6) is -2.09. The molecule has 1 aromatic rings. The molecule has 0 spiro atoms. The van der Waals surface area contributed by atoms with Gasteiger partial charge >= 0.3 is 0 Å². The Labute approximate surface area is 167 Å². The lowest BCUT2D eigenvalue weighted by Gasteiger charge is -2.35. The highest BCUT2D eigenvalue weighted by atomic mass is 32.2. The molecular weight excluding hydrogens is 384 g/mol. The monoisotopic (exact) mass is 403 g/mol. The topological polar surface area (TPSA) is 80.8 Å². The van der Waals surface area contributed by atoms with Crippen molar-refractivity contribution in [3.63, 3.8) is 0 Å². The lowest BCUT2D eigenvalue weighted by Crippen LogP contribution is -2.51. The van der Waals surface area contributed by atoms with Crippen molar-refractivity contribution in [1.82, 2.24) is 9.80 Å². The predicted molar refractivity (Wildman–Crippen MR) is 105 cm³/mol. The molecule has 2 heterocycles. The predicted octanol–water partition coefficient (Wildman–Crippen LogP) is 1.26. The lowest BCUT2D eigenvalue weighted by atomic mass is 9.96. The highest BCUT2D eigenvalue weighted by molar-refractivity contribution is 8.26. The summed E-state index contributed by atoms with van der Waals surface area (Å²) in [7, 11) is 0. The number of carboxylic acids is 1. The molecule has 142 valence electrons. The molecule has 0 saturated carbocycles. The van der Waals surface area contributed by atoms with E-state index in [1.54, 1.807) is 17.9 Å². The van der Waals surface area contributed by atoms with Gasteiger partial charge in [-0.2, -0.15) is 0 Å². The normalized spacial score (nSPS) is 21.0. The third-order valence-electron chi connectivity index (χ3n) is 4.81. The van der Waals surface area contributed by atoms with Crippen molar-refractivity contribution in [2.75, 3.05) is 13.1 Å². The van der Waals surface area contributed by atoms with Gasteiger partial charge in [0.05, 0.1) is 4.91 Å². The van der Waals surface area contributed by atoms with E-state index in [4.69, 9.17) is 12.2 Å². The lowest BCUT2D eigenvalue weighted by molar-refractivity contribution is -0.312. The van der Waals surface area contributed by atoms with Crippen molar-refractivity contribution in [2.45, 2.75) is 25.8 Å². The van der Waals surface area contributed by atoms with Crippen molar-refractivity contribution in [3.8, 4) is 0 Å². The number of aliphatic carboxylic acids is 1. The van der Waals surface area contributed by atoms with Crippen LogP contribution in [0.5, 0.6) is 0 Å². The molecule has 3 rings (SSSR count). The molecule has 2 saturated heterocycles. The van der Waals surface area contributed by atoms with Crippen LogP contribution in [0.15, 0.2) is 35.2 Å². The van der Waals surface area contributed by atoms with Gasteiger partial charge in [0.2, 0.25) is 5.91 Å². The molecule has 6 nitrogen and oxygen atoms in total. The van der Waals surface area contributed by atoms with E-state index in [2.05, 4.69) is 0 Å². The number of nitrogens with zero attached hydrogens (tertiary/aromatic N) is 2. The Morgan fingerprint density at radius 3 is 2.48 bits per heavy atom. The minimum atomic E-state index is -1.07. The minimum absolute atomic E-state index is 0.218. The number of hydrogen-bond donors (Lipinski definition) is 0. The van der Waals surface area contributed by atoms with Crippen LogP contribution in [0.2, 0.25) is 0 Å². The summed E-state index contributed by atoms with van der Waals surface area (Å²) < 4.78 is 0.354. The number of thiocarbonyl (C=S) groups is 1. The van der Waals surface area contributed by atoms with E-state index in [1.807, 2.05) is 30.3 Å². The third-order valence-corrected chi connectivity index (χ3v) is 6.14. The van der Waals surface area contributed by atoms with E-state index in [0.717, 1.165) is 5.56 Å². The average molecular weight is 404 g/mol. The van der Waals surface area contributed by atoms with E-state index in [9.17, 15) is 19.5 Å². The van der Waals surface area contributed by atoms with Gasteiger partial charge in [0.1, 0.15) is 10.4 Å². The summed E-state index contributed by atoms with van der Waals surface area (Å²) in [4.78, 5) is 40.0. The van der Waals surface area contributed by atoms with Crippen molar-refractivity contribution >= 4 is 52.2 Å². The third kappa shape index (κ3) is 4.22. The summed E-state index contributed by atoms with van der Waals surface area (Å²) >= 11 is 6.52. The number of benzene rings is 1. The molecule has 0 bridgehead atoms. The Kier molecular flexibility index (Phi) is 5.96. The van der Waals surface area contributed by atoms with Crippen LogP contribution in [-0.2, 0) is 14.4 Å². The van der Waals surface area contributed by atoms with Gasteiger partial charge in [-0.25, -0.2) is 0 Å². The number of likely N-dealkylation sites (tertiary alicyclic amines) is 1. The zero-order valence-corrected chi connectivity index (χ0v) is 16.4. The van der Waals surface area contributed by atoms with Crippen LogP contribution >= 0.6 is 24.0 Å². The molecule has 1 aromatic carbocycles. The van der Waals surface area contributed by atoms with E-state index < -0.39 is 17.9 Å². The molecule has 27 heavy (non-hydrogen) atoms. The van der Waals surface area contributed by atoms with Crippen LogP contribution in [0.3, 0.4) is 0 Å². The Balaban J connectivity index is 1.69. The molecule has 0 aromatic heterocycles. The average Bonchev–Trinajstić information content (AvgIpc) is 2.94. The van der Waals surface area contributed by atoms with Crippen LogP contribution in [-0.4, -0.2) is 51.0 Å². The molecule has 0 N–H and O–H groups in total. The highest BCUT2D eigenvalue weighted by Crippen LogP contribution is 2.34. The summed E-state index contributed by atoms with van der Waals surface area (Å²) in [5, 5.41) is 11.0. The number of hydrogen-bond acceptors (Lipinski definition) is 6. The van der Waals surface area contributed by atoms with Crippen LogP contribution in [0.1, 0.15) is 25.3 Å². The Morgan fingerprint density at radius 2 is 1.89 bits per heavy atom. The fourth-order valence-corrected chi connectivity index (χ4v) is 4.64. The zero-order valence-electron chi connectivity index (χ0n) is 14.8. The van der Waals surface area contributed by atoms with Crippen LogP contribution in [0, 0.1) is 5.92 Å². The van der Waals surface area contributed by atoms with E-state index >= 15 is 0 Å². The molecule has 0 unspecified atom stereocenters. The molecule has 8 heteroatoms. The summed E-state index contributed by atoms with van der Waals surface area (Å²) in [5.41, 5.74) is 0.890. The van der Waals surface area contributed by atoms with Gasteiger partial charge in [0, 0.05) is 25.0 Å². The van der Waals surface area contributed by atoms with Gasteiger partial charge in [0.15, 0.2) is 0 Å². The fourth-order valence-electron chi connectivity index (χ4n) is 3.22. The molecule has 1 atom stereocenters. The zero-order chi connectivity index (χ0) is 19.6. The van der Waals surface area contributed by atoms with Gasteiger partial charge in [-0.15, -0.1) is 0 Å². The second-order valence-electron chi connectivity index (χ2n) is 6.56. The number of thioether (sulfide) groups is 1. The molecular formula is C19H19N2O4S2-. The first kappa shape index (κ1) is 19.6. The van der Waals surface area contributed by atoms with E-state index in [-0.39, 0.29) is 11.8 Å². The summed E-state index contributed by atoms with van der Waals surface area (Å²) in [6.45, 7) is 2.34. The number of carboxylic acid groups (broad SMARTS) is 1. The second kappa shape index (κ2) is 8.22. The SMILES string of the molecule is C[C@H](C(=O)N1CCC(C(=O)[O-])CC1)N1C(=O)/C(=C\c2ccccc2)SC1=S. The number of carbonyl (C=O) groups is 3. The number of carbonyl (C=O) groups excluding carboxylic acids is 3. The fraction of sp³-hybridized carbons (Fsp3) is 0.368. The van der Waals surface area contributed by atoms with Crippen molar-refractivity contribution < 1.29 is 19.5 Å². The van der Waals surface area contributed by atoms with Crippen molar-refractivity contribution in [1.29, 1.82) is 0 Å². The van der Waals surface area contributed by atoms with Gasteiger partial charge < -0.3 is 14.8 Å². The van der Waals surface area contributed by atoms with Crippen LogP contribution in [0.4, 0.5) is 0 Å². The maximum Gasteiger partial charge on any atom is 0.266 e. The van der Waals surface area contributed by atoms with Crippen molar-refractivity contribution in [3.05, 3.63) is 40.8 Å². The Hall–Kier alpha value is -2.19. The van der Waals surface area contributed by atoms with Gasteiger partial charge in [0.25, 0.3) is 5.91 Å². The van der Waals surface area contributed by atoms with Crippen LogP contribution in [0.25, 0.3) is 6.08 Å². The highest BCUT2D eigenvalue weighted by Gasteiger charge is 2.40.